The maximum Gasteiger partial charge on any atom is 0.237 e. The number of aliphatic hydroxyl groups is 1. The Bertz CT molecular complexity index is 1220. The van der Waals surface area contributed by atoms with E-state index in [2.05, 4.69) is 31.4 Å². The molecule has 1 amide bonds. The summed E-state index contributed by atoms with van der Waals surface area (Å²) < 4.78 is 15.7. The molecule has 0 bridgehead atoms. The first kappa shape index (κ1) is 25.7. The molecule has 0 aromatic heterocycles. The van der Waals surface area contributed by atoms with Crippen molar-refractivity contribution < 1.29 is 19.1 Å². The zero-order valence-electron chi connectivity index (χ0n) is 20.6. The largest absolute Gasteiger partial charge is 0.393 e. The van der Waals surface area contributed by atoms with Crippen molar-refractivity contribution in [1.82, 2.24) is 5.32 Å². The lowest BCUT2D eigenvalue weighted by molar-refractivity contribution is -0.124. The third kappa shape index (κ3) is 4.16. The molecule has 5 nitrogen and oxygen atoms in total. The minimum atomic E-state index is -1.24. The van der Waals surface area contributed by atoms with Crippen molar-refractivity contribution in [2.75, 3.05) is 5.32 Å². The lowest BCUT2D eigenvalue weighted by Crippen LogP contribution is -2.49. The highest BCUT2D eigenvalue weighted by Crippen LogP contribution is 2.57. The molecule has 4 atom stereocenters. The number of hydrogen-bond acceptors (Lipinski definition) is 4. The summed E-state index contributed by atoms with van der Waals surface area (Å²) in [7, 11) is 0. The molecule has 36 heavy (non-hydrogen) atoms. The van der Waals surface area contributed by atoms with Gasteiger partial charge in [0.25, 0.3) is 0 Å². The second kappa shape index (κ2) is 9.09. The Morgan fingerprint density at radius 3 is 2.58 bits per heavy atom. The second-order valence-corrected chi connectivity index (χ2v) is 12.6. The fourth-order valence-corrected chi connectivity index (χ4v) is 6.84. The van der Waals surface area contributed by atoms with E-state index < -0.39 is 29.2 Å². The molecular weight excluding hydrogens is 502 g/mol. The van der Waals surface area contributed by atoms with Gasteiger partial charge in [0.15, 0.2) is 5.78 Å². The number of carbonyl (C=O) groups excluding carboxylic acids is 2. The summed E-state index contributed by atoms with van der Waals surface area (Å²) in [5.74, 6) is -1.71. The molecule has 1 saturated heterocycles. The molecule has 8 heteroatoms. The van der Waals surface area contributed by atoms with Gasteiger partial charge in [-0.05, 0) is 59.9 Å². The summed E-state index contributed by atoms with van der Waals surface area (Å²) in [6.07, 6.45) is 1.62. The number of anilines is 1. The van der Waals surface area contributed by atoms with E-state index in [-0.39, 0.29) is 46.1 Å². The average Bonchev–Trinajstić information content (AvgIpc) is 3.23. The first-order valence-corrected chi connectivity index (χ1v) is 13.2. The third-order valence-corrected chi connectivity index (χ3v) is 8.51. The Labute approximate surface area is 220 Å². The van der Waals surface area contributed by atoms with Crippen molar-refractivity contribution in [2.45, 2.75) is 76.0 Å². The van der Waals surface area contributed by atoms with Crippen molar-refractivity contribution in [3.05, 3.63) is 63.4 Å². The molecule has 2 aliphatic heterocycles. The van der Waals surface area contributed by atoms with Gasteiger partial charge >= 0.3 is 0 Å². The maximum atomic E-state index is 15.7. The molecule has 0 radical (unpaired) electrons. The van der Waals surface area contributed by atoms with E-state index in [9.17, 15) is 14.7 Å². The Hall–Kier alpha value is -1.99. The van der Waals surface area contributed by atoms with Gasteiger partial charge in [0.1, 0.15) is 11.2 Å². The number of rotatable bonds is 5. The van der Waals surface area contributed by atoms with Crippen LogP contribution >= 0.6 is 23.2 Å². The van der Waals surface area contributed by atoms with Crippen LogP contribution in [0.15, 0.2) is 36.4 Å². The minimum absolute atomic E-state index is 0.0510. The molecule has 2 aromatic rings. The molecule has 2 aromatic carbocycles. The smallest absolute Gasteiger partial charge is 0.237 e. The summed E-state index contributed by atoms with van der Waals surface area (Å²) >= 11 is 12.5. The van der Waals surface area contributed by atoms with Crippen LogP contribution in [0.25, 0.3) is 0 Å². The quantitative estimate of drug-likeness (QED) is 0.467. The van der Waals surface area contributed by atoms with E-state index in [0.29, 0.717) is 35.5 Å². The number of amides is 1. The number of fused-ring (bicyclic) bond motifs is 2. The van der Waals surface area contributed by atoms with Crippen LogP contribution in [0.2, 0.25) is 10.0 Å². The number of nitrogens with one attached hydrogen (secondary N) is 2. The van der Waals surface area contributed by atoms with Crippen LogP contribution in [0.3, 0.4) is 0 Å². The monoisotopic (exact) mass is 532 g/mol. The van der Waals surface area contributed by atoms with Gasteiger partial charge in [-0.15, -0.1) is 0 Å². The Kier molecular flexibility index (Phi) is 6.47. The maximum absolute atomic E-state index is 15.7. The number of Topliss-reactive ketones (excluding diaryl/α,β-unsaturated/α-hetero) is 1. The summed E-state index contributed by atoms with van der Waals surface area (Å²) in [6, 6.07) is 8.77. The van der Waals surface area contributed by atoms with Crippen molar-refractivity contribution in [3.63, 3.8) is 0 Å². The molecular formula is C28H31Cl2FN2O3. The molecule has 2 fully saturated rings. The predicted molar refractivity (Wildman–Crippen MR) is 139 cm³/mol. The summed E-state index contributed by atoms with van der Waals surface area (Å²) in [5, 5.41) is 16.7. The molecule has 2 heterocycles. The van der Waals surface area contributed by atoms with Gasteiger partial charge < -0.3 is 15.7 Å². The molecule has 3 aliphatic rings. The fourth-order valence-electron chi connectivity index (χ4n) is 6.48. The highest BCUT2D eigenvalue weighted by molar-refractivity contribution is 6.31. The number of aliphatic hydroxyl groups excluding tert-OH is 1. The third-order valence-electron chi connectivity index (χ3n) is 7.99. The van der Waals surface area contributed by atoms with E-state index in [0.717, 1.165) is 0 Å². The van der Waals surface area contributed by atoms with Gasteiger partial charge in [-0.3, -0.25) is 9.59 Å². The highest BCUT2D eigenvalue weighted by Gasteiger charge is 2.66. The number of benzene rings is 2. The molecule has 3 N–H and O–H groups in total. The lowest BCUT2D eigenvalue weighted by Gasteiger charge is -2.38. The van der Waals surface area contributed by atoms with Crippen LogP contribution in [-0.4, -0.2) is 35.0 Å². The van der Waals surface area contributed by atoms with E-state index in [1.165, 1.54) is 6.07 Å². The van der Waals surface area contributed by atoms with Gasteiger partial charge in [0, 0.05) is 29.1 Å². The van der Waals surface area contributed by atoms with E-state index in [4.69, 9.17) is 23.2 Å². The van der Waals surface area contributed by atoms with E-state index >= 15 is 4.39 Å². The van der Waals surface area contributed by atoms with Crippen molar-refractivity contribution in [2.24, 2.45) is 11.3 Å². The standard InChI is InChI=1S/C28H31Cl2FN2O3/c1-27(2,3)13-22-28(18-8-7-15(29)12-20(18)32-26(28)36)23(17-5-4-6-19(30)24(17)31)25(33-22)21(35)11-14-9-16(34)10-14/h4-8,12,14,16,22-23,25,33-34H,9-11,13H2,1-3H3,(H,32,36)/t14?,16?,22-,23+,25+,28+/m1/s1. The van der Waals surface area contributed by atoms with Crippen LogP contribution in [-0.2, 0) is 15.0 Å². The summed E-state index contributed by atoms with van der Waals surface area (Å²) in [5.41, 5.74) is 0.107. The number of ketones is 1. The molecule has 0 unspecified atom stereocenters. The topological polar surface area (TPSA) is 78.4 Å². The van der Waals surface area contributed by atoms with Crippen LogP contribution in [0.5, 0.6) is 0 Å². The van der Waals surface area contributed by atoms with Gasteiger partial charge in [-0.1, -0.05) is 62.2 Å². The zero-order chi connectivity index (χ0) is 26.0. The first-order valence-electron chi connectivity index (χ1n) is 12.4. The Morgan fingerprint density at radius 2 is 1.92 bits per heavy atom. The molecule has 1 spiro atoms. The van der Waals surface area contributed by atoms with Gasteiger partial charge in [-0.25, -0.2) is 4.39 Å². The molecule has 5 rings (SSSR count). The average molecular weight is 533 g/mol. The molecule has 192 valence electrons. The highest BCUT2D eigenvalue weighted by atomic mass is 35.5. The van der Waals surface area contributed by atoms with E-state index in [1.54, 1.807) is 24.3 Å². The number of carbonyl (C=O) groups is 2. The summed E-state index contributed by atoms with van der Waals surface area (Å²) in [6.45, 7) is 6.24. The first-order chi connectivity index (χ1) is 16.9. The van der Waals surface area contributed by atoms with Crippen LogP contribution in [0.4, 0.5) is 10.1 Å². The van der Waals surface area contributed by atoms with Crippen LogP contribution in [0.1, 0.15) is 63.5 Å². The molecule has 1 saturated carbocycles. The molecule has 1 aliphatic carbocycles. The van der Waals surface area contributed by atoms with Gasteiger partial charge in [-0.2, -0.15) is 0 Å². The lowest BCUT2D eigenvalue weighted by atomic mass is 9.62. The second-order valence-electron chi connectivity index (χ2n) is 11.8. The minimum Gasteiger partial charge on any atom is -0.393 e. The normalized spacial score (nSPS) is 31.3. The van der Waals surface area contributed by atoms with Crippen molar-refractivity contribution in [3.8, 4) is 0 Å². The van der Waals surface area contributed by atoms with Crippen molar-refractivity contribution >= 4 is 40.6 Å². The number of halogens is 3. The number of hydrogen-bond donors (Lipinski definition) is 3. The van der Waals surface area contributed by atoms with E-state index in [1.807, 2.05) is 6.07 Å². The van der Waals surface area contributed by atoms with Crippen LogP contribution < -0.4 is 10.6 Å². The predicted octanol–water partition coefficient (Wildman–Crippen LogP) is 5.61. The Balaban J connectivity index is 1.71. The van der Waals surface area contributed by atoms with Gasteiger partial charge in [0.2, 0.25) is 5.91 Å². The zero-order valence-corrected chi connectivity index (χ0v) is 22.1. The SMILES string of the molecule is CC(C)(C)C[C@H]1N[C@@H](C(=O)CC2CC(O)C2)[C@H](c2cccc(Cl)c2F)[C@@]12C(=O)Nc1cc(Cl)ccc12. The van der Waals surface area contributed by atoms with Crippen LogP contribution in [0, 0.1) is 17.2 Å². The summed E-state index contributed by atoms with van der Waals surface area (Å²) in [4.78, 5) is 27.9. The van der Waals surface area contributed by atoms with Crippen molar-refractivity contribution in [1.29, 1.82) is 0 Å². The van der Waals surface area contributed by atoms with Gasteiger partial charge in [0.05, 0.1) is 17.2 Å². The fraction of sp³-hybridized carbons (Fsp3) is 0.500. The Morgan fingerprint density at radius 1 is 1.19 bits per heavy atom.